The molecule has 2 nitrogen and oxygen atoms in total. The largest absolute Gasteiger partial charge is 0.292 e. The average Bonchev–Trinajstić information content (AvgIpc) is 3.25. The van der Waals surface area contributed by atoms with Crippen LogP contribution in [0.1, 0.15) is 0 Å². The van der Waals surface area contributed by atoms with Crippen molar-refractivity contribution >= 4 is 59.3 Å². The maximum atomic E-state index is 5.29. The summed E-state index contributed by atoms with van der Waals surface area (Å²) in [5.74, 6) is 0.954. The lowest BCUT2D eigenvalue weighted by molar-refractivity contribution is 1.11. The SMILES string of the molecule is Brc1ccc(-c2nc3c4cccc5ccc6cccc(c6c54)c3n2-c2ccccc2)cc1. The predicted molar refractivity (Wildman–Crippen MR) is 138 cm³/mol. The molecule has 0 fully saturated rings. The molecule has 7 aromatic rings. The minimum absolute atomic E-state index is 0.954. The van der Waals surface area contributed by atoms with E-state index in [0.29, 0.717) is 0 Å². The van der Waals surface area contributed by atoms with E-state index < -0.39 is 0 Å². The molecule has 0 unspecified atom stereocenters. The summed E-state index contributed by atoms with van der Waals surface area (Å²) in [6, 6.07) is 36.6. The summed E-state index contributed by atoms with van der Waals surface area (Å²) < 4.78 is 3.38. The fraction of sp³-hybridized carbons (Fsp3) is 0. The van der Waals surface area contributed by atoms with E-state index in [-0.39, 0.29) is 0 Å². The number of hydrogen-bond acceptors (Lipinski definition) is 1. The number of fused-ring (bicyclic) bond motifs is 3. The molecule has 6 aromatic carbocycles. The molecule has 0 spiro atoms. The molecule has 0 saturated carbocycles. The van der Waals surface area contributed by atoms with Gasteiger partial charge in [-0.2, -0.15) is 0 Å². The summed E-state index contributed by atoms with van der Waals surface area (Å²) in [6.45, 7) is 0. The monoisotopic (exact) mass is 472 g/mol. The molecule has 0 atom stereocenters. The number of nitrogens with zero attached hydrogens (tertiary/aromatic N) is 2. The summed E-state index contributed by atoms with van der Waals surface area (Å²) in [6.07, 6.45) is 0. The highest BCUT2D eigenvalue weighted by Gasteiger charge is 2.21. The van der Waals surface area contributed by atoms with E-state index >= 15 is 0 Å². The third-order valence-electron chi connectivity index (χ3n) is 6.39. The number of imidazole rings is 1. The molecule has 0 N–H and O–H groups in total. The Hall–Kier alpha value is -3.69. The third kappa shape index (κ3) is 2.43. The van der Waals surface area contributed by atoms with Crippen molar-refractivity contribution in [3.05, 3.63) is 108 Å². The van der Waals surface area contributed by atoms with Gasteiger partial charge in [-0.3, -0.25) is 4.57 Å². The normalized spacial score (nSPS) is 11.9. The second kappa shape index (κ2) is 6.65. The van der Waals surface area contributed by atoms with Crippen LogP contribution in [0.15, 0.2) is 108 Å². The van der Waals surface area contributed by atoms with Gasteiger partial charge in [0.2, 0.25) is 0 Å². The van der Waals surface area contributed by atoms with Crippen LogP contribution in [0.2, 0.25) is 0 Å². The molecular formula is C29H17BrN2. The van der Waals surface area contributed by atoms with Gasteiger partial charge in [-0.1, -0.05) is 94.8 Å². The number of halogens is 1. The second-order valence-electron chi connectivity index (χ2n) is 8.18. The van der Waals surface area contributed by atoms with Crippen molar-refractivity contribution in [1.82, 2.24) is 9.55 Å². The summed E-state index contributed by atoms with van der Waals surface area (Å²) in [4.78, 5) is 5.29. The summed E-state index contributed by atoms with van der Waals surface area (Å²) in [5.41, 5.74) is 4.41. The van der Waals surface area contributed by atoms with E-state index in [4.69, 9.17) is 4.98 Å². The number of hydrogen-bond donors (Lipinski definition) is 0. The van der Waals surface area contributed by atoms with Gasteiger partial charge in [0, 0.05) is 26.5 Å². The van der Waals surface area contributed by atoms with Crippen molar-refractivity contribution in [2.75, 3.05) is 0 Å². The zero-order chi connectivity index (χ0) is 21.2. The molecule has 7 rings (SSSR count). The van der Waals surface area contributed by atoms with E-state index in [2.05, 4.69) is 124 Å². The highest BCUT2D eigenvalue weighted by Crippen LogP contribution is 2.42. The van der Waals surface area contributed by atoms with Gasteiger partial charge in [-0.05, 0) is 45.8 Å². The lowest BCUT2D eigenvalue weighted by atomic mass is 9.93. The van der Waals surface area contributed by atoms with Gasteiger partial charge in [0.1, 0.15) is 5.82 Å². The quantitative estimate of drug-likeness (QED) is 0.231. The number of para-hydroxylation sites is 1. The van der Waals surface area contributed by atoms with E-state index in [9.17, 15) is 0 Å². The first kappa shape index (κ1) is 17.9. The van der Waals surface area contributed by atoms with E-state index in [1.165, 1.54) is 32.3 Å². The van der Waals surface area contributed by atoms with Gasteiger partial charge in [-0.25, -0.2) is 4.98 Å². The van der Waals surface area contributed by atoms with Crippen LogP contribution in [-0.4, -0.2) is 9.55 Å². The smallest absolute Gasteiger partial charge is 0.145 e. The standard InChI is InChI=1S/C29H17BrN2/c30-21-16-14-20(15-17-21)29-31-27-23-10-4-6-18-12-13-19-7-5-11-24(26(19)25(18)23)28(27)32(29)22-8-2-1-3-9-22/h1-17H. The maximum absolute atomic E-state index is 5.29. The Morgan fingerprint density at radius 3 is 1.97 bits per heavy atom. The van der Waals surface area contributed by atoms with Crippen molar-refractivity contribution in [2.24, 2.45) is 0 Å². The fourth-order valence-corrected chi connectivity index (χ4v) is 5.29. The minimum Gasteiger partial charge on any atom is -0.292 e. The number of aromatic nitrogens is 2. The van der Waals surface area contributed by atoms with Crippen LogP contribution >= 0.6 is 15.9 Å². The van der Waals surface area contributed by atoms with Crippen LogP contribution in [0, 0.1) is 0 Å². The van der Waals surface area contributed by atoms with Crippen LogP contribution in [0.3, 0.4) is 0 Å². The molecule has 0 bridgehead atoms. The van der Waals surface area contributed by atoms with Crippen molar-refractivity contribution in [3.63, 3.8) is 0 Å². The molecule has 1 heterocycles. The lowest BCUT2D eigenvalue weighted by Gasteiger charge is -2.14. The van der Waals surface area contributed by atoms with Gasteiger partial charge in [0.25, 0.3) is 0 Å². The minimum atomic E-state index is 0.954. The Kier molecular flexibility index (Phi) is 3.73. The van der Waals surface area contributed by atoms with Gasteiger partial charge >= 0.3 is 0 Å². The van der Waals surface area contributed by atoms with E-state index in [1.807, 2.05) is 0 Å². The van der Waals surface area contributed by atoms with Crippen molar-refractivity contribution in [1.29, 1.82) is 0 Å². The second-order valence-corrected chi connectivity index (χ2v) is 9.10. The zero-order valence-electron chi connectivity index (χ0n) is 17.1. The van der Waals surface area contributed by atoms with Crippen LogP contribution < -0.4 is 0 Å². The molecule has 32 heavy (non-hydrogen) atoms. The zero-order valence-corrected chi connectivity index (χ0v) is 18.7. The molecule has 150 valence electrons. The molecule has 0 saturated heterocycles. The lowest BCUT2D eigenvalue weighted by Crippen LogP contribution is -1.98. The molecule has 3 heteroatoms. The first-order valence-electron chi connectivity index (χ1n) is 10.7. The Labute approximate surface area is 193 Å². The van der Waals surface area contributed by atoms with E-state index in [0.717, 1.165) is 32.6 Å². The summed E-state index contributed by atoms with van der Waals surface area (Å²) in [7, 11) is 0. The molecule has 0 radical (unpaired) electrons. The molecule has 0 aliphatic heterocycles. The van der Waals surface area contributed by atoms with Gasteiger partial charge in [0.05, 0.1) is 11.0 Å². The first-order valence-corrected chi connectivity index (χ1v) is 11.5. The molecule has 0 aliphatic rings. The third-order valence-corrected chi connectivity index (χ3v) is 6.92. The van der Waals surface area contributed by atoms with Gasteiger partial charge in [-0.15, -0.1) is 0 Å². The Balaban J connectivity index is 1.77. The number of benzene rings is 6. The molecular weight excluding hydrogens is 456 g/mol. The van der Waals surface area contributed by atoms with Crippen molar-refractivity contribution in [2.45, 2.75) is 0 Å². The van der Waals surface area contributed by atoms with Crippen LogP contribution in [0.25, 0.3) is 60.4 Å². The summed E-state index contributed by atoms with van der Waals surface area (Å²) in [5, 5.41) is 7.57. The van der Waals surface area contributed by atoms with E-state index in [1.54, 1.807) is 0 Å². The Morgan fingerprint density at radius 1 is 0.594 bits per heavy atom. The topological polar surface area (TPSA) is 17.8 Å². The highest BCUT2D eigenvalue weighted by atomic mass is 79.9. The molecule has 0 amide bonds. The van der Waals surface area contributed by atoms with Crippen LogP contribution in [-0.2, 0) is 0 Å². The van der Waals surface area contributed by atoms with Gasteiger partial charge < -0.3 is 0 Å². The average molecular weight is 473 g/mol. The van der Waals surface area contributed by atoms with Gasteiger partial charge in [0.15, 0.2) is 0 Å². The van der Waals surface area contributed by atoms with Crippen molar-refractivity contribution < 1.29 is 0 Å². The maximum Gasteiger partial charge on any atom is 0.145 e. The molecule has 0 aliphatic carbocycles. The summed E-state index contributed by atoms with van der Waals surface area (Å²) >= 11 is 3.57. The fourth-order valence-electron chi connectivity index (χ4n) is 5.03. The Morgan fingerprint density at radius 2 is 1.25 bits per heavy atom. The highest BCUT2D eigenvalue weighted by molar-refractivity contribution is 9.10. The van der Waals surface area contributed by atoms with Crippen molar-refractivity contribution in [3.8, 4) is 17.1 Å². The Bertz CT molecular complexity index is 1760. The predicted octanol–water partition coefficient (Wildman–Crippen LogP) is 8.35. The van der Waals surface area contributed by atoms with Crippen LogP contribution in [0.5, 0.6) is 0 Å². The van der Waals surface area contributed by atoms with Crippen LogP contribution in [0.4, 0.5) is 0 Å². The first-order chi connectivity index (χ1) is 15.8. The number of rotatable bonds is 2. The molecule has 1 aromatic heterocycles.